The lowest BCUT2D eigenvalue weighted by molar-refractivity contribution is -0.150. The van der Waals surface area contributed by atoms with Crippen LogP contribution in [0.2, 0.25) is 0 Å². The van der Waals surface area contributed by atoms with E-state index in [0.29, 0.717) is 12.7 Å². The Labute approximate surface area is 240 Å². The van der Waals surface area contributed by atoms with Gasteiger partial charge in [-0.25, -0.2) is 0 Å². The van der Waals surface area contributed by atoms with E-state index in [1.54, 1.807) is 0 Å². The molecule has 1 aromatic carbocycles. The molecule has 234 valence electrons. The first-order valence-corrected chi connectivity index (χ1v) is 15.2. The first-order chi connectivity index (χ1) is 19.4. The fourth-order valence-electron chi connectivity index (χ4n) is 5.22. The van der Waals surface area contributed by atoms with Crippen LogP contribution in [-0.4, -0.2) is 36.5 Å². The number of unbranched alkanes of at least 4 members (excludes halogenated alkanes) is 13. The number of nitrogens with zero attached hydrogens (tertiary/aromatic N) is 1. The highest BCUT2D eigenvalue weighted by Crippen LogP contribution is 2.37. The highest BCUT2D eigenvalue weighted by molar-refractivity contribution is 5.96. The number of alkyl halides is 6. The lowest BCUT2D eigenvalue weighted by Gasteiger charge is -2.31. The molecule has 1 amide bonds. The van der Waals surface area contributed by atoms with E-state index < -0.39 is 46.8 Å². The molecule has 2 rings (SSSR count). The molecule has 0 spiro atoms. The number of halogens is 6. The third-order valence-electron chi connectivity index (χ3n) is 7.74. The smallest absolute Gasteiger partial charge is 0.417 e. The molecule has 1 fully saturated rings. The van der Waals surface area contributed by atoms with Gasteiger partial charge >= 0.3 is 18.3 Å². The van der Waals surface area contributed by atoms with Crippen LogP contribution in [0.25, 0.3) is 0 Å². The number of likely N-dealkylation sites (tertiary alicyclic amines) is 1. The molecular weight excluding hydrogens is 548 g/mol. The number of rotatable bonds is 17. The van der Waals surface area contributed by atoms with Crippen LogP contribution < -0.4 is 0 Å². The number of hydrogen-bond acceptors (Lipinski definition) is 3. The van der Waals surface area contributed by atoms with Crippen LogP contribution in [0.1, 0.15) is 131 Å². The van der Waals surface area contributed by atoms with Crippen LogP contribution in [-0.2, 0) is 21.9 Å². The van der Waals surface area contributed by atoms with Gasteiger partial charge in [0.2, 0.25) is 0 Å². The molecule has 4 nitrogen and oxygen atoms in total. The molecule has 0 unspecified atom stereocenters. The van der Waals surface area contributed by atoms with Crippen molar-refractivity contribution in [1.82, 2.24) is 4.90 Å². The zero-order valence-electron chi connectivity index (χ0n) is 24.2. The molecule has 0 aromatic heterocycles. The number of esters is 1. The topological polar surface area (TPSA) is 46.6 Å². The van der Waals surface area contributed by atoms with E-state index >= 15 is 0 Å². The number of benzene rings is 1. The van der Waals surface area contributed by atoms with Gasteiger partial charge in [0.1, 0.15) is 0 Å². The maximum absolute atomic E-state index is 13.4. The van der Waals surface area contributed by atoms with E-state index in [0.717, 1.165) is 24.2 Å². The molecule has 0 aliphatic carbocycles. The maximum atomic E-state index is 13.4. The number of hydrogen-bond donors (Lipinski definition) is 0. The lowest BCUT2D eigenvalue weighted by atomic mass is 9.95. The third kappa shape index (κ3) is 12.6. The Morgan fingerprint density at radius 2 is 1.24 bits per heavy atom. The SMILES string of the molecule is CCCCCCCCCCCCCCCCOC(=O)C1CCN(C(=O)c2cc(C(F)(F)F)ccc2C(F)(F)F)CC1. The third-order valence-corrected chi connectivity index (χ3v) is 7.74. The van der Waals surface area contributed by atoms with E-state index in [1.807, 2.05) is 0 Å². The van der Waals surface area contributed by atoms with E-state index in [4.69, 9.17) is 4.74 Å². The van der Waals surface area contributed by atoms with Crippen molar-refractivity contribution < 1.29 is 40.7 Å². The Morgan fingerprint density at radius 1 is 0.756 bits per heavy atom. The quantitative estimate of drug-likeness (QED) is 0.103. The minimum absolute atomic E-state index is 0.0367. The molecule has 0 radical (unpaired) electrons. The molecule has 1 aliphatic rings. The van der Waals surface area contributed by atoms with Crippen LogP contribution >= 0.6 is 0 Å². The molecule has 0 saturated carbocycles. The van der Waals surface area contributed by atoms with Gasteiger partial charge in [-0.2, -0.15) is 26.3 Å². The Hall–Kier alpha value is -2.26. The fourth-order valence-corrected chi connectivity index (χ4v) is 5.22. The summed E-state index contributed by atoms with van der Waals surface area (Å²) in [4.78, 5) is 26.3. The molecule has 0 N–H and O–H groups in total. The summed E-state index contributed by atoms with van der Waals surface area (Å²) in [6, 6.07) is 0.860. The minimum Gasteiger partial charge on any atom is -0.465 e. The van der Waals surface area contributed by atoms with Crippen LogP contribution in [0, 0.1) is 5.92 Å². The van der Waals surface area contributed by atoms with Crippen LogP contribution in [0.4, 0.5) is 26.3 Å². The summed E-state index contributed by atoms with van der Waals surface area (Å²) in [6.45, 7) is 2.46. The van der Waals surface area contributed by atoms with Gasteiger partial charge in [-0.1, -0.05) is 90.4 Å². The van der Waals surface area contributed by atoms with Gasteiger partial charge in [-0.15, -0.1) is 0 Å². The lowest BCUT2D eigenvalue weighted by Crippen LogP contribution is -2.41. The van der Waals surface area contributed by atoms with E-state index in [-0.39, 0.29) is 38.1 Å². The van der Waals surface area contributed by atoms with E-state index in [9.17, 15) is 35.9 Å². The Kier molecular flexibility index (Phi) is 15.0. The van der Waals surface area contributed by atoms with Gasteiger partial charge < -0.3 is 9.64 Å². The summed E-state index contributed by atoms with van der Waals surface area (Å²) in [5.41, 5.74) is -3.77. The van der Waals surface area contributed by atoms with Crippen LogP contribution in [0.5, 0.6) is 0 Å². The summed E-state index contributed by atoms with van der Waals surface area (Å²) in [5, 5.41) is 0. The van der Waals surface area contributed by atoms with Gasteiger partial charge in [0.25, 0.3) is 5.91 Å². The molecule has 1 saturated heterocycles. The standard InChI is InChI=1S/C31H45F6NO3/c1-2-3-4-5-6-7-8-9-10-11-12-13-14-15-22-41-29(40)24-18-20-38(21-19-24)28(39)26-23-25(30(32,33)34)16-17-27(26)31(35,36)37/h16-17,23-24H,2-15,18-22H2,1H3. The fraction of sp³-hybridized carbons (Fsp3) is 0.742. The van der Waals surface area contributed by atoms with Gasteiger partial charge in [-0.3, -0.25) is 9.59 Å². The monoisotopic (exact) mass is 593 g/mol. The van der Waals surface area contributed by atoms with Crippen molar-refractivity contribution in [2.45, 2.75) is 122 Å². The molecule has 0 bridgehead atoms. The van der Waals surface area contributed by atoms with Crippen molar-refractivity contribution in [2.24, 2.45) is 5.92 Å². The molecule has 1 heterocycles. The second-order valence-corrected chi connectivity index (χ2v) is 11.1. The number of ether oxygens (including phenoxy) is 1. The predicted octanol–water partition coefficient (Wildman–Crippen LogP) is 9.60. The van der Waals surface area contributed by atoms with Crippen LogP contribution in [0.15, 0.2) is 18.2 Å². The van der Waals surface area contributed by atoms with Gasteiger partial charge in [0.05, 0.1) is 29.2 Å². The highest BCUT2D eigenvalue weighted by Gasteiger charge is 2.40. The first-order valence-electron chi connectivity index (χ1n) is 15.2. The van der Waals surface area contributed by atoms with Gasteiger partial charge in [-0.05, 0) is 37.5 Å². The molecule has 10 heteroatoms. The molecule has 41 heavy (non-hydrogen) atoms. The second kappa shape index (κ2) is 17.6. The Morgan fingerprint density at radius 3 is 1.71 bits per heavy atom. The second-order valence-electron chi connectivity index (χ2n) is 11.1. The number of piperidine rings is 1. The zero-order valence-corrected chi connectivity index (χ0v) is 24.2. The first kappa shape index (κ1) is 34.9. The summed E-state index contributed by atoms with van der Waals surface area (Å²) >= 11 is 0. The summed E-state index contributed by atoms with van der Waals surface area (Å²) < 4.78 is 84.8. The number of amides is 1. The average molecular weight is 594 g/mol. The van der Waals surface area contributed by atoms with Gasteiger partial charge in [0, 0.05) is 13.1 Å². The van der Waals surface area contributed by atoms with Crippen molar-refractivity contribution in [3.8, 4) is 0 Å². The molecule has 1 aliphatic heterocycles. The maximum Gasteiger partial charge on any atom is 0.417 e. The van der Waals surface area contributed by atoms with Crippen molar-refractivity contribution >= 4 is 11.9 Å². The van der Waals surface area contributed by atoms with Crippen molar-refractivity contribution in [2.75, 3.05) is 19.7 Å². The van der Waals surface area contributed by atoms with Crippen molar-refractivity contribution in [3.05, 3.63) is 34.9 Å². The summed E-state index contributed by atoms with van der Waals surface area (Å²) in [7, 11) is 0. The predicted molar refractivity (Wildman–Crippen MR) is 146 cm³/mol. The van der Waals surface area contributed by atoms with Crippen molar-refractivity contribution in [1.29, 1.82) is 0 Å². The summed E-state index contributed by atoms with van der Waals surface area (Å²) in [6.07, 6.45) is 7.58. The molecule has 0 atom stereocenters. The summed E-state index contributed by atoms with van der Waals surface area (Å²) in [5.74, 6) is -2.02. The zero-order chi connectivity index (χ0) is 30.3. The Bertz CT molecular complexity index is 923. The van der Waals surface area contributed by atoms with E-state index in [1.165, 1.54) is 70.6 Å². The normalized spacial score (nSPS) is 14.9. The van der Waals surface area contributed by atoms with Gasteiger partial charge in [0.15, 0.2) is 0 Å². The largest absolute Gasteiger partial charge is 0.465 e. The Balaban J connectivity index is 1.63. The highest BCUT2D eigenvalue weighted by atomic mass is 19.4. The number of carbonyl (C=O) groups excluding carboxylic acids is 2. The average Bonchev–Trinajstić information content (AvgIpc) is 2.93. The molecular formula is C31H45F6NO3. The minimum atomic E-state index is -4.98. The number of carbonyl (C=O) groups is 2. The van der Waals surface area contributed by atoms with Crippen LogP contribution in [0.3, 0.4) is 0 Å². The van der Waals surface area contributed by atoms with E-state index in [2.05, 4.69) is 6.92 Å². The van der Waals surface area contributed by atoms with Crippen molar-refractivity contribution in [3.63, 3.8) is 0 Å². The molecule has 1 aromatic rings.